The number of nitrogens with zero attached hydrogens (tertiary/aromatic N) is 4. The lowest BCUT2D eigenvalue weighted by Gasteiger charge is -2.34. The van der Waals surface area contributed by atoms with E-state index in [4.69, 9.17) is 0 Å². The maximum atomic E-state index is 13.2. The normalized spacial score (nSPS) is 18.1. The van der Waals surface area contributed by atoms with Crippen LogP contribution in [0.3, 0.4) is 0 Å². The summed E-state index contributed by atoms with van der Waals surface area (Å²) in [7, 11) is 0. The van der Waals surface area contributed by atoms with Gasteiger partial charge in [0.2, 0.25) is 0 Å². The number of aromatic nitrogens is 3. The number of nitrogens with one attached hydrogen (secondary N) is 1. The summed E-state index contributed by atoms with van der Waals surface area (Å²) in [6, 6.07) is 22.9. The predicted molar refractivity (Wildman–Crippen MR) is 160 cm³/mol. The van der Waals surface area contributed by atoms with Crippen LogP contribution in [0.15, 0.2) is 79.1 Å². The molecule has 2 heterocycles. The van der Waals surface area contributed by atoms with Crippen LogP contribution in [0.1, 0.15) is 61.8 Å². The number of hydrogen-bond donors (Lipinski definition) is 1. The number of hydrogen-bond acceptors (Lipinski definition) is 4. The Hall–Kier alpha value is -4.26. The van der Waals surface area contributed by atoms with Crippen LogP contribution >= 0.6 is 0 Å². The van der Waals surface area contributed by atoms with E-state index >= 15 is 0 Å². The molecule has 1 saturated carbocycles. The van der Waals surface area contributed by atoms with E-state index in [9.17, 15) is 9.59 Å². The monoisotopic (exact) mass is 547 g/mol. The molecule has 1 aliphatic carbocycles. The third-order valence-corrected chi connectivity index (χ3v) is 8.16. The molecule has 2 aliphatic rings. The molecule has 3 aromatic carbocycles. The zero-order valence-corrected chi connectivity index (χ0v) is 24.0. The number of ketones is 1. The summed E-state index contributed by atoms with van der Waals surface area (Å²) in [6.07, 6.45) is 6.26. The van der Waals surface area contributed by atoms with Crippen molar-refractivity contribution in [1.29, 1.82) is 0 Å². The molecule has 1 unspecified atom stereocenters. The van der Waals surface area contributed by atoms with Gasteiger partial charge in [0.1, 0.15) is 5.78 Å². The molecule has 1 fully saturated rings. The Bertz CT molecular complexity index is 1560. The van der Waals surface area contributed by atoms with Gasteiger partial charge >= 0.3 is 6.03 Å². The number of fused-ring (bicyclic) bond motifs is 1. The van der Waals surface area contributed by atoms with Gasteiger partial charge in [0.25, 0.3) is 0 Å². The average molecular weight is 548 g/mol. The van der Waals surface area contributed by atoms with Crippen molar-refractivity contribution in [2.45, 2.75) is 64.5 Å². The molecule has 0 saturated heterocycles. The molecule has 2 atom stereocenters. The lowest BCUT2D eigenvalue weighted by Crippen LogP contribution is -2.50. The minimum atomic E-state index is -0.311. The SMILES string of the molecule is CC(C)(C)NC(=O)N1CCc2c(-c3cccc(-n4nccn4)c3)ccc(CCC(=O)C3C[C@H]3c3ccccc3)c2C1. The molecule has 0 spiro atoms. The fourth-order valence-electron chi connectivity index (χ4n) is 6.03. The molecular formula is C34H37N5O2. The van der Waals surface area contributed by atoms with E-state index in [2.05, 4.69) is 51.9 Å². The van der Waals surface area contributed by atoms with Crippen molar-refractivity contribution in [2.75, 3.05) is 6.54 Å². The molecule has 1 aromatic heterocycles. The molecule has 7 nitrogen and oxygen atoms in total. The number of carbonyl (C=O) groups excluding carboxylic acids is 2. The molecule has 0 radical (unpaired) electrons. The number of benzene rings is 3. The van der Waals surface area contributed by atoms with E-state index < -0.39 is 0 Å². The van der Waals surface area contributed by atoms with Gasteiger partial charge in [-0.2, -0.15) is 15.0 Å². The summed E-state index contributed by atoms with van der Waals surface area (Å²) in [5.74, 6) is 0.822. The van der Waals surface area contributed by atoms with Gasteiger partial charge in [-0.25, -0.2) is 4.79 Å². The average Bonchev–Trinajstić information content (AvgIpc) is 3.59. The summed E-state index contributed by atoms with van der Waals surface area (Å²) in [5.41, 5.74) is 7.69. The van der Waals surface area contributed by atoms with Crippen LogP contribution in [0, 0.1) is 5.92 Å². The highest BCUT2D eigenvalue weighted by Gasteiger charge is 2.43. The van der Waals surface area contributed by atoms with Crippen LogP contribution in [0.4, 0.5) is 4.79 Å². The minimum Gasteiger partial charge on any atom is -0.333 e. The van der Waals surface area contributed by atoms with Crippen LogP contribution in [-0.4, -0.2) is 43.8 Å². The summed E-state index contributed by atoms with van der Waals surface area (Å²) >= 11 is 0. The van der Waals surface area contributed by atoms with E-state index in [1.54, 1.807) is 17.2 Å². The first-order valence-corrected chi connectivity index (χ1v) is 14.5. The van der Waals surface area contributed by atoms with Gasteiger partial charge in [-0.1, -0.05) is 54.6 Å². The van der Waals surface area contributed by atoms with E-state index in [1.807, 2.05) is 56.0 Å². The van der Waals surface area contributed by atoms with E-state index in [-0.39, 0.29) is 17.5 Å². The van der Waals surface area contributed by atoms with Crippen LogP contribution in [0.5, 0.6) is 0 Å². The van der Waals surface area contributed by atoms with Crippen molar-refractivity contribution in [3.8, 4) is 16.8 Å². The van der Waals surface area contributed by atoms with Crippen LogP contribution in [0.25, 0.3) is 16.8 Å². The molecule has 2 amide bonds. The Morgan fingerprint density at radius 3 is 2.49 bits per heavy atom. The Kier molecular flexibility index (Phi) is 7.20. The topological polar surface area (TPSA) is 80.1 Å². The molecule has 7 heteroatoms. The van der Waals surface area contributed by atoms with Crippen molar-refractivity contribution in [3.05, 3.63) is 101 Å². The fourth-order valence-corrected chi connectivity index (χ4v) is 6.03. The highest BCUT2D eigenvalue weighted by Crippen LogP contribution is 2.48. The summed E-state index contributed by atoms with van der Waals surface area (Å²) < 4.78 is 0. The summed E-state index contributed by atoms with van der Waals surface area (Å²) in [5, 5.41) is 11.7. The van der Waals surface area contributed by atoms with Crippen LogP contribution in [-0.2, 0) is 24.2 Å². The highest BCUT2D eigenvalue weighted by molar-refractivity contribution is 5.85. The number of aryl methyl sites for hydroxylation is 1. The van der Waals surface area contributed by atoms with Crippen molar-refractivity contribution in [3.63, 3.8) is 0 Å². The molecule has 1 N–H and O–H groups in total. The third kappa shape index (κ3) is 5.94. The number of Topliss-reactive ketones (excluding diaryl/α,β-unsaturated/α-hetero) is 1. The number of amides is 2. The van der Waals surface area contributed by atoms with Crippen LogP contribution in [0.2, 0.25) is 0 Å². The van der Waals surface area contributed by atoms with Crippen molar-refractivity contribution in [1.82, 2.24) is 25.2 Å². The standard InChI is InChI=1S/C34H37N5O2/c1-34(2,3)37-33(41)38-19-16-28-27(25-10-7-11-26(20-25)39-35-17-18-36-39)14-12-24(31(28)22-38)13-15-32(40)30-21-29(30)23-8-5-4-6-9-23/h4-12,14,17-18,20,29-30H,13,15-16,19,21-22H2,1-3H3,(H,37,41)/t29-,30?/m0/s1. The number of carbonyl (C=O) groups is 2. The zero-order chi connectivity index (χ0) is 28.6. The first kappa shape index (κ1) is 26.9. The van der Waals surface area contributed by atoms with Gasteiger partial charge in [0.05, 0.1) is 18.1 Å². The van der Waals surface area contributed by atoms with Crippen molar-refractivity contribution >= 4 is 11.8 Å². The van der Waals surface area contributed by atoms with E-state index in [0.717, 1.165) is 35.2 Å². The third-order valence-electron chi connectivity index (χ3n) is 8.16. The molecule has 210 valence electrons. The Morgan fingerprint density at radius 1 is 0.951 bits per heavy atom. The van der Waals surface area contributed by atoms with Crippen molar-refractivity contribution in [2.24, 2.45) is 5.92 Å². The van der Waals surface area contributed by atoms with E-state index in [0.29, 0.717) is 37.6 Å². The minimum absolute atomic E-state index is 0.0500. The van der Waals surface area contributed by atoms with Gasteiger partial charge in [0, 0.05) is 31.0 Å². The first-order chi connectivity index (χ1) is 19.8. The Labute approximate surface area is 241 Å². The second-order valence-electron chi connectivity index (χ2n) is 12.3. The Morgan fingerprint density at radius 2 is 1.73 bits per heavy atom. The van der Waals surface area contributed by atoms with Gasteiger partial charge < -0.3 is 10.2 Å². The smallest absolute Gasteiger partial charge is 0.318 e. The van der Waals surface area contributed by atoms with Crippen molar-refractivity contribution < 1.29 is 9.59 Å². The maximum absolute atomic E-state index is 13.2. The molecule has 41 heavy (non-hydrogen) atoms. The van der Waals surface area contributed by atoms with Gasteiger partial charge in [-0.3, -0.25) is 4.79 Å². The van der Waals surface area contributed by atoms with Crippen LogP contribution < -0.4 is 5.32 Å². The molecule has 4 aromatic rings. The maximum Gasteiger partial charge on any atom is 0.318 e. The molecule has 0 bridgehead atoms. The highest BCUT2D eigenvalue weighted by atomic mass is 16.2. The molecule has 6 rings (SSSR count). The lowest BCUT2D eigenvalue weighted by molar-refractivity contribution is -0.120. The van der Waals surface area contributed by atoms with E-state index in [1.165, 1.54) is 16.7 Å². The number of urea groups is 1. The molecule has 1 aliphatic heterocycles. The van der Waals surface area contributed by atoms with Gasteiger partial charge in [-0.05, 0) is 91.5 Å². The summed E-state index contributed by atoms with van der Waals surface area (Å²) in [4.78, 5) is 29.9. The van der Waals surface area contributed by atoms with Gasteiger partial charge in [0.15, 0.2) is 0 Å². The predicted octanol–water partition coefficient (Wildman–Crippen LogP) is 6.11. The number of rotatable bonds is 7. The van der Waals surface area contributed by atoms with Gasteiger partial charge in [-0.15, -0.1) is 0 Å². The molecular weight excluding hydrogens is 510 g/mol. The lowest BCUT2D eigenvalue weighted by atomic mass is 9.86. The quantitative estimate of drug-likeness (QED) is 0.303. The fraction of sp³-hybridized carbons (Fsp3) is 0.353. The zero-order valence-electron chi connectivity index (χ0n) is 24.0. The largest absolute Gasteiger partial charge is 0.333 e. The second kappa shape index (κ2) is 11.0. The second-order valence-corrected chi connectivity index (χ2v) is 12.3. The summed E-state index contributed by atoms with van der Waals surface area (Å²) in [6.45, 7) is 7.18. The first-order valence-electron chi connectivity index (χ1n) is 14.5. The Balaban J connectivity index is 1.27.